The molecule has 1 rings (SSSR count). The second kappa shape index (κ2) is 6.08. The van der Waals surface area contributed by atoms with E-state index in [1.54, 1.807) is 0 Å². The van der Waals surface area contributed by atoms with Crippen molar-refractivity contribution >= 4 is 5.91 Å². The van der Waals surface area contributed by atoms with Crippen LogP contribution in [0.25, 0.3) is 0 Å². The third-order valence-corrected chi connectivity index (χ3v) is 2.73. The van der Waals surface area contributed by atoms with E-state index in [0.717, 1.165) is 25.9 Å². The summed E-state index contributed by atoms with van der Waals surface area (Å²) in [5.41, 5.74) is 5.39. The molecule has 88 valence electrons. The molecule has 0 aromatic rings. The monoisotopic (exact) mass is 214 g/mol. The van der Waals surface area contributed by atoms with Crippen LogP contribution in [0.5, 0.6) is 0 Å². The molecular weight excluding hydrogens is 192 g/mol. The summed E-state index contributed by atoms with van der Waals surface area (Å²) in [6.45, 7) is 6.16. The molecule has 0 saturated carbocycles. The van der Waals surface area contributed by atoms with Crippen molar-refractivity contribution in [2.45, 2.75) is 45.3 Å². The summed E-state index contributed by atoms with van der Waals surface area (Å²) in [6, 6.07) is 0. The molecule has 0 aromatic heterocycles. The fraction of sp³-hybridized carbons (Fsp3) is 0.909. The Morgan fingerprint density at radius 3 is 2.87 bits per heavy atom. The maximum atomic E-state index is 11.8. The highest BCUT2D eigenvalue weighted by molar-refractivity contribution is 5.76. The molecule has 1 aliphatic rings. The van der Waals surface area contributed by atoms with Gasteiger partial charge in [0.1, 0.15) is 0 Å². The van der Waals surface area contributed by atoms with E-state index >= 15 is 0 Å². The highest BCUT2D eigenvalue weighted by Crippen LogP contribution is 2.14. The molecule has 1 aliphatic heterocycles. The van der Waals surface area contributed by atoms with Crippen LogP contribution in [0.2, 0.25) is 0 Å². The van der Waals surface area contributed by atoms with E-state index in [4.69, 9.17) is 10.5 Å². The Morgan fingerprint density at radius 1 is 1.53 bits per heavy atom. The van der Waals surface area contributed by atoms with Gasteiger partial charge in [0.25, 0.3) is 0 Å². The summed E-state index contributed by atoms with van der Waals surface area (Å²) in [7, 11) is 0. The van der Waals surface area contributed by atoms with E-state index in [1.807, 2.05) is 11.8 Å². The van der Waals surface area contributed by atoms with E-state index in [2.05, 4.69) is 6.92 Å². The van der Waals surface area contributed by atoms with Crippen molar-refractivity contribution in [2.24, 2.45) is 5.73 Å². The van der Waals surface area contributed by atoms with Gasteiger partial charge in [-0.25, -0.2) is 0 Å². The second-order valence-electron chi connectivity index (χ2n) is 4.17. The predicted molar refractivity (Wildman–Crippen MR) is 59.5 cm³/mol. The molecule has 0 aliphatic carbocycles. The predicted octanol–water partition coefficient (Wildman–Crippen LogP) is 0.751. The maximum absolute atomic E-state index is 11.8. The standard InChI is InChI=1S/C11H22N2O2/c1-3-10-8-13(7-9(2)15-10)11(14)5-4-6-12/h9-10H,3-8,12H2,1-2H3. The highest BCUT2D eigenvalue weighted by atomic mass is 16.5. The molecule has 1 amide bonds. The van der Waals surface area contributed by atoms with Crippen LogP contribution in [0.1, 0.15) is 33.1 Å². The molecular formula is C11H22N2O2. The minimum atomic E-state index is 0.158. The molecule has 4 heteroatoms. The van der Waals surface area contributed by atoms with Crippen molar-refractivity contribution in [2.75, 3.05) is 19.6 Å². The van der Waals surface area contributed by atoms with Crippen LogP contribution in [0, 0.1) is 0 Å². The van der Waals surface area contributed by atoms with Crippen LogP contribution in [-0.4, -0.2) is 42.6 Å². The van der Waals surface area contributed by atoms with E-state index in [-0.39, 0.29) is 18.1 Å². The molecule has 2 atom stereocenters. The summed E-state index contributed by atoms with van der Waals surface area (Å²) in [5, 5.41) is 0. The summed E-state index contributed by atoms with van der Waals surface area (Å²) in [5.74, 6) is 0.217. The summed E-state index contributed by atoms with van der Waals surface area (Å²) in [4.78, 5) is 13.7. The molecule has 1 fully saturated rings. The number of hydrogen-bond acceptors (Lipinski definition) is 3. The Kier molecular flexibility index (Phi) is 5.05. The first-order chi connectivity index (χ1) is 7.17. The Labute approximate surface area is 91.8 Å². The fourth-order valence-electron chi connectivity index (χ4n) is 1.89. The van der Waals surface area contributed by atoms with Gasteiger partial charge >= 0.3 is 0 Å². The number of rotatable bonds is 4. The van der Waals surface area contributed by atoms with Crippen molar-refractivity contribution in [3.63, 3.8) is 0 Å². The van der Waals surface area contributed by atoms with Crippen molar-refractivity contribution in [1.29, 1.82) is 0 Å². The highest BCUT2D eigenvalue weighted by Gasteiger charge is 2.26. The Hall–Kier alpha value is -0.610. The average molecular weight is 214 g/mol. The van der Waals surface area contributed by atoms with Crippen LogP contribution >= 0.6 is 0 Å². The number of hydrogen-bond donors (Lipinski definition) is 1. The lowest BCUT2D eigenvalue weighted by atomic mass is 10.1. The molecule has 4 nitrogen and oxygen atoms in total. The van der Waals surface area contributed by atoms with Gasteiger partial charge in [-0.1, -0.05) is 6.92 Å². The summed E-state index contributed by atoms with van der Waals surface area (Å²) >= 11 is 0. The first kappa shape index (κ1) is 12.5. The minimum absolute atomic E-state index is 0.158. The third-order valence-electron chi connectivity index (χ3n) is 2.73. The first-order valence-electron chi connectivity index (χ1n) is 5.80. The summed E-state index contributed by atoms with van der Waals surface area (Å²) < 4.78 is 5.70. The zero-order chi connectivity index (χ0) is 11.3. The van der Waals surface area contributed by atoms with Crippen molar-refractivity contribution in [3.05, 3.63) is 0 Å². The number of ether oxygens (including phenoxy) is 1. The lowest BCUT2D eigenvalue weighted by Crippen LogP contribution is -2.49. The van der Waals surface area contributed by atoms with E-state index in [1.165, 1.54) is 0 Å². The molecule has 1 saturated heterocycles. The molecule has 15 heavy (non-hydrogen) atoms. The molecule has 0 bridgehead atoms. The lowest BCUT2D eigenvalue weighted by Gasteiger charge is -2.36. The van der Waals surface area contributed by atoms with Crippen LogP contribution < -0.4 is 5.73 Å². The van der Waals surface area contributed by atoms with Crippen LogP contribution in [0.15, 0.2) is 0 Å². The molecule has 2 unspecified atom stereocenters. The lowest BCUT2D eigenvalue weighted by molar-refractivity contribution is -0.144. The molecule has 0 radical (unpaired) electrons. The first-order valence-corrected chi connectivity index (χ1v) is 5.80. The van der Waals surface area contributed by atoms with Crippen molar-refractivity contribution in [3.8, 4) is 0 Å². The fourth-order valence-corrected chi connectivity index (χ4v) is 1.89. The molecule has 0 aromatic carbocycles. The molecule has 1 heterocycles. The van der Waals surface area contributed by atoms with Gasteiger partial charge in [-0.15, -0.1) is 0 Å². The molecule has 2 N–H and O–H groups in total. The van der Waals surface area contributed by atoms with Crippen molar-refractivity contribution in [1.82, 2.24) is 4.90 Å². The quantitative estimate of drug-likeness (QED) is 0.751. The number of morpholine rings is 1. The van der Waals surface area contributed by atoms with Gasteiger partial charge < -0.3 is 15.4 Å². The van der Waals surface area contributed by atoms with Gasteiger partial charge in [0.2, 0.25) is 5.91 Å². The number of carbonyl (C=O) groups is 1. The second-order valence-corrected chi connectivity index (χ2v) is 4.17. The number of nitrogens with two attached hydrogens (primary N) is 1. The van der Waals surface area contributed by atoms with E-state index < -0.39 is 0 Å². The Morgan fingerprint density at radius 2 is 2.27 bits per heavy atom. The smallest absolute Gasteiger partial charge is 0.222 e. The topological polar surface area (TPSA) is 55.6 Å². The number of carbonyl (C=O) groups excluding carboxylic acids is 1. The van der Waals surface area contributed by atoms with Crippen LogP contribution in [0.3, 0.4) is 0 Å². The Balaban J connectivity index is 2.42. The van der Waals surface area contributed by atoms with Gasteiger partial charge in [0.15, 0.2) is 0 Å². The zero-order valence-electron chi connectivity index (χ0n) is 9.74. The summed E-state index contributed by atoms with van der Waals surface area (Å²) in [6.07, 6.45) is 2.67. The number of amides is 1. The third kappa shape index (κ3) is 3.80. The average Bonchev–Trinajstić information content (AvgIpc) is 2.24. The van der Waals surface area contributed by atoms with Crippen LogP contribution in [0.4, 0.5) is 0 Å². The maximum Gasteiger partial charge on any atom is 0.222 e. The number of nitrogens with zero attached hydrogens (tertiary/aromatic N) is 1. The van der Waals surface area contributed by atoms with Gasteiger partial charge in [-0.3, -0.25) is 4.79 Å². The van der Waals surface area contributed by atoms with Gasteiger partial charge in [0, 0.05) is 19.5 Å². The van der Waals surface area contributed by atoms with Gasteiger partial charge in [-0.2, -0.15) is 0 Å². The van der Waals surface area contributed by atoms with Crippen LogP contribution in [-0.2, 0) is 9.53 Å². The van der Waals surface area contributed by atoms with Gasteiger partial charge in [-0.05, 0) is 26.3 Å². The van der Waals surface area contributed by atoms with E-state index in [0.29, 0.717) is 13.0 Å². The van der Waals surface area contributed by atoms with Crippen molar-refractivity contribution < 1.29 is 9.53 Å². The normalized spacial score (nSPS) is 26.7. The largest absolute Gasteiger partial charge is 0.372 e. The Bertz CT molecular complexity index is 209. The van der Waals surface area contributed by atoms with E-state index in [9.17, 15) is 4.79 Å². The minimum Gasteiger partial charge on any atom is -0.372 e. The SMILES string of the molecule is CCC1CN(C(=O)CCCN)CC(C)O1. The zero-order valence-corrected chi connectivity index (χ0v) is 9.74. The molecule has 0 spiro atoms. The van der Waals surface area contributed by atoms with Gasteiger partial charge in [0.05, 0.1) is 12.2 Å².